The van der Waals surface area contributed by atoms with E-state index in [0.717, 1.165) is 43.0 Å². The monoisotopic (exact) mass is 551 g/mol. The normalized spacial score (nSPS) is 19.7. The number of likely N-dealkylation sites (N-methyl/N-ethyl adjacent to an activating group) is 1. The quantitative estimate of drug-likeness (QED) is 0.448. The summed E-state index contributed by atoms with van der Waals surface area (Å²) in [5.41, 5.74) is 1.86. The summed E-state index contributed by atoms with van der Waals surface area (Å²) in [6.45, 7) is 4.25. The first-order valence-corrected chi connectivity index (χ1v) is 13.5. The molecule has 2 saturated heterocycles. The summed E-state index contributed by atoms with van der Waals surface area (Å²) >= 11 is 6.13. The van der Waals surface area contributed by atoms with Gasteiger partial charge in [0.2, 0.25) is 5.91 Å². The van der Waals surface area contributed by atoms with E-state index >= 15 is 0 Å². The van der Waals surface area contributed by atoms with Gasteiger partial charge in [-0.25, -0.2) is 9.18 Å². The number of piperidine rings is 1. The zero-order valence-electron chi connectivity index (χ0n) is 22.0. The van der Waals surface area contributed by atoms with E-state index in [1.54, 1.807) is 7.05 Å². The lowest BCUT2D eigenvalue weighted by atomic mass is 9.93. The standard InChI is InChI=1S/C29H31ClFN5O3/c1-19-3-12-27(33-32-19)35-15-13-21(14-16-35)28(37)36-17-25(20-4-6-22(30)7-5-20)26(18-36)34(2)29(38)39-24-10-8-23(31)9-11-24/h3-12,21,25-26H,13-18H2,1-2H3. The van der Waals surface area contributed by atoms with Gasteiger partial charge in [-0.2, -0.15) is 5.10 Å². The molecule has 5 rings (SSSR count). The van der Waals surface area contributed by atoms with Crippen LogP contribution in [0.15, 0.2) is 60.7 Å². The zero-order chi connectivity index (χ0) is 27.5. The van der Waals surface area contributed by atoms with E-state index in [0.29, 0.717) is 18.1 Å². The summed E-state index contributed by atoms with van der Waals surface area (Å²) in [6, 6.07) is 16.4. The van der Waals surface area contributed by atoms with Gasteiger partial charge in [0.05, 0.1) is 11.7 Å². The van der Waals surface area contributed by atoms with Crippen molar-refractivity contribution in [2.45, 2.75) is 31.7 Å². The second-order valence-corrected chi connectivity index (χ2v) is 10.6. The first-order valence-electron chi connectivity index (χ1n) is 13.1. The molecule has 0 spiro atoms. The van der Waals surface area contributed by atoms with Gasteiger partial charge in [0.25, 0.3) is 0 Å². The fourth-order valence-corrected chi connectivity index (χ4v) is 5.51. The molecule has 0 aliphatic carbocycles. The number of amides is 2. The minimum absolute atomic E-state index is 0.0965. The first-order chi connectivity index (χ1) is 18.8. The van der Waals surface area contributed by atoms with Crippen molar-refractivity contribution >= 4 is 29.4 Å². The van der Waals surface area contributed by atoms with Crippen LogP contribution in [0.5, 0.6) is 5.75 Å². The second-order valence-electron chi connectivity index (χ2n) is 10.2. The van der Waals surface area contributed by atoms with E-state index in [1.165, 1.54) is 29.2 Å². The molecule has 2 fully saturated rings. The van der Waals surface area contributed by atoms with E-state index < -0.39 is 11.9 Å². The molecule has 2 aromatic carbocycles. The molecule has 0 N–H and O–H groups in total. The molecule has 3 heterocycles. The number of halogens is 2. The van der Waals surface area contributed by atoms with Gasteiger partial charge in [-0.15, -0.1) is 5.10 Å². The molecule has 204 valence electrons. The molecular formula is C29H31ClFN5O3. The van der Waals surface area contributed by atoms with Crippen LogP contribution in [0.2, 0.25) is 5.02 Å². The minimum atomic E-state index is -0.563. The van der Waals surface area contributed by atoms with Crippen molar-refractivity contribution in [1.82, 2.24) is 20.0 Å². The summed E-state index contributed by atoms with van der Waals surface area (Å²) < 4.78 is 18.8. The summed E-state index contributed by atoms with van der Waals surface area (Å²) in [7, 11) is 1.68. The minimum Gasteiger partial charge on any atom is -0.410 e. The molecule has 2 unspecified atom stereocenters. The molecule has 3 aromatic rings. The summed E-state index contributed by atoms with van der Waals surface area (Å²) in [5.74, 6) is 0.574. The summed E-state index contributed by atoms with van der Waals surface area (Å²) in [4.78, 5) is 32.3. The molecule has 8 nitrogen and oxygen atoms in total. The fourth-order valence-electron chi connectivity index (χ4n) is 5.38. The Morgan fingerprint density at radius 3 is 2.31 bits per heavy atom. The van der Waals surface area contributed by atoms with Crippen LogP contribution < -0.4 is 9.64 Å². The molecule has 1 aromatic heterocycles. The van der Waals surface area contributed by atoms with Gasteiger partial charge in [-0.05, 0) is 73.9 Å². The number of rotatable bonds is 5. The van der Waals surface area contributed by atoms with E-state index in [1.807, 2.05) is 48.2 Å². The number of aryl methyl sites for hydroxylation is 1. The number of carbonyl (C=O) groups excluding carboxylic acids is 2. The number of hydrogen-bond acceptors (Lipinski definition) is 6. The predicted molar refractivity (Wildman–Crippen MR) is 146 cm³/mol. The maximum Gasteiger partial charge on any atom is 0.415 e. The molecule has 2 atom stereocenters. The van der Waals surface area contributed by atoms with Crippen molar-refractivity contribution < 1.29 is 18.7 Å². The van der Waals surface area contributed by atoms with Gasteiger partial charge in [-0.1, -0.05) is 23.7 Å². The average molecular weight is 552 g/mol. The molecule has 0 radical (unpaired) electrons. The SMILES string of the molecule is Cc1ccc(N2CCC(C(=O)N3CC(c4ccc(Cl)cc4)C(N(C)C(=O)Oc4ccc(F)cc4)C3)CC2)nn1. The number of anilines is 1. The zero-order valence-corrected chi connectivity index (χ0v) is 22.7. The lowest BCUT2D eigenvalue weighted by Gasteiger charge is -2.33. The molecule has 2 aliphatic heterocycles. The molecule has 0 saturated carbocycles. The number of benzene rings is 2. The van der Waals surface area contributed by atoms with E-state index in [2.05, 4.69) is 15.1 Å². The highest BCUT2D eigenvalue weighted by molar-refractivity contribution is 6.30. The number of ether oxygens (including phenoxy) is 1. The topological polar surface area (TPSA) is 78.9 Å². The number of likely N-dealkylation sites (tertiary alicyclic amines) is 1. The molecule has 2 aliphatic rings. The maximum absolute atomic E-state index is 13.7. The lowest BCUT2D eigenvalue weighted by molar-refractivity contribution is -0.135. The van der Waals surface area contributed by atoms with Crippen molar-refractivity contribution in [2.75, 3.05) is 38.1 Å². The van der Waals surface area contributed by atoms with Crippen molar-refractivity contribution in [3.05, 3.63) is 82.8 Å². The van der Waals surface area contributed by atoms with Gasteiger partial charge in [0.15, 0.2) is 5.82 Å². The third-order valence-corrected chi connectivity index (χ3v) is 7.91. The Balaban J connectivity index is 1.28. The van der Waals surface area contributed by atoms with Crippen LogP contribution in [0.3, 0.4) is 0 Å². The van der Waals surface area contributed by atoms with Crippen LogP contribution in [0.1, 0.15) is 30.0 Å². The highest BCUT2D eigenvalue weighted by Crippen LogP contribution is 2.34. The second kappa shape index (κ2) is 11.6. The maximum atomic E-state index is 13.7. The highest BCUT2D eigenvalue weighted by atomic mass is 35.5. The Hall–Kier alpha value is -3.72. The summed E-state index contributed by atoms with van der Waals surface area (Å²) in [6.07, 6.45) is 0.889. The third kappa shape index (κ3) is 6.14. The van der Waals surface area contributed by atoms with Crippen molar-refractivity contribution in [3.63, 3.8) is 0 Å². The lowest BCUT2D eigenvalue weighted by Crippen LogP contribution is -2.45. The van der Waals surface area contributed by atoms with Gasteiger partial charge in [0, 0.05) is 50.1 Å². The Morgan fingerprint density at radius 2 is 1.67 bits per heavy atom. The van der Waals surface area contributed by atoms with E-state index in [9.17, 15) is 14.0 Å². The summed E-state index contributed by atoms with van der Waals surface area (Å²) in [5, 5.41) is 9.05. The van der Waals surface area contributed by atoms with Crippen molar-refractivity contribution in [2.24, 2.45) is 5.92 Å². The first kappa shape index (κ1) is 26.9. The third-order valence-electron chi connectivity index (χ3n) is 7.66. The number of hydrogen-bond donors (Lipinski definition) is 0. The molecule has 2 amide bonds. The predicted octanol–water partition coefficient (Wildman–Crippen LogP) is 4.92. The number of nitrogens with zero attached hydrogens (tertiary/aromatic N) is 5. The van der Waals surface area contributed by atoms with Crippen LogP contribution >= 0.6 is 11.6 Å². The van der Waals surface area contributed by atoms with Crippen LogP contribution in [0.4, 0.5) is 15.0 Å². The molecule has 10 heteroatoms. The fraction of sp³-hybridized carbons (Fsp3) is 0.379. The van der Waals surface area contributed by atoms with Gasteiger partial charge >= 0.3 is 6.09 Å². The van der Waals surface area contributed by atoms with Crippen LogP contribution in [0.25, 0.3) is 0 Å². The Labute approximate surface area is 232 Å². The largest absolute Gasteiger partial charge is 0.415 e. The Bertz CT molecular complexity index is 1300. The highest BCUT2D eigenvalue weighted by Gasteiger charge is 2.42. The Kier molecular flexibility index (Phi) is 7.97. The smallest absolute Gasteiger partial charge is 0.410 e. The molecule has 39 heavy (non-hydrogen) atoms. The number of carbonyl (C=O) groups is 2. The molecule has 0 bridgehead atoms. The van der Waals surface area contributed by atoms with E-state index in [4.69, 9.17) is 16.3 Å². The van der Waals surface area contributed by atoms with E-state index in [-0.39, 0.29) is 29.5 Å². The van der Waals surface area contributed by atoms with Crippen LogP contribution in [-0.4, -0.2) is 71.3 Å². The van der Waals surface area contributed by atoms with Crippen LogP contribution in [-0.2, 0) is 4.79 Å². The van der Waals surface area contributed by atoms with Crippen molar-refractivity contribution in [1.29, 1.82) is 0 Å². The molecular weight excluding hydrogens is 521 g/mol. The van der Waals surface area contributed by atoms with Gasteiger partial charge in [0.1, 0.15) is 11.6 Å². The average Bonchev–Trinajstić information content (AvgIpc) is 3.40. The van der Waals surface area contributed by atoms with Gasteiger partial charge in [-0.3, -0.25) is 4.79 Å². The Morgan fingerprint density at radius 1 is 0.974 bits per heavy atom. The van der Waals surface area contributed by atoms with Crippen molar-refractivity contribution in [3.8, 4) is 5.75 Å². The number of aromatic nitrogens is 2. The van der Waals surface area contributed by atoms with Gasteiger partial charge < -0.3 is 19.4 Å². The van der Waals surface area contributed by atoms with Crippen LogP contribution in [0, 0.1) is 18.7 Å².